The number of hydrogen-bond acceptors (Lipinski definition) is 4. The minimum absolute atomic E-state index is 0.587. The molecule has 2 N–H and O–H groups in total. The highest BCUT2D eigenvalue weighted by atomic mass is 32.1. The van der Waals surface area contributed by atoms with E-state index >= 15 is 0 Å². The fourth-order valence-corrected chi connectivity index (χ4v) is 5.72. The number of nitrogens with zero attached hydrogens (tertiary/aromatic N) is 1. The van der Waals surface area contributed by atoms with Crippen molar-refractivity contribution >= 4 is 23.2 Å². The van der Waals surface area contributed by atoms with Crippen molar-refractivity contribution in [1.29, 1.82) is 0 Å². The standard InChI is InChI=1S/C26H38N2O2S/c1-4-8-20(9-5-6-12-23-24(27-3)19(2)28-31-23)10-7-11-21-13-15-22(16-14-21)26(17-18-26)25(29)30/h13-16,20,27H,4-12,17-18H2,1-3H3,(H,29,30). The lowest BCUT2D eigenvalue weighted by molar-refractivity contribution is -0.140. The summed E-state index contributed by atoms with van der Waals surface area (Å²) in [6.07, 6.45) is 12.7. The maximum Gasteiger partial charge on any atom is 0.314 e. The molecule has 1 aromatic heterocycles. The number of aliphatic carboxylic acids is 1. The molecule has 3 rings (SSSR count). The van der Waals surface area contributed by atoms with Crippen molar-refractivity contribution < 1.29 is 9.90 Å². The van der Waals surface area contributed by atoms with Crippen LogP contribution < -0.4 is 5.32 Å². The molecular weight excluding hydrogens is 404 g/mol. The van der Waals surface area contributed by atoms with Crippen LogP contribution in [0.4, 0.5) is 5.69 Å². The third-order valence-corrected chi connectivity index (χ3v) is 7.88. The number of anilines is 1. The van der Waals surface area contributed by atoms with E-state index in [9.17, 15) is 9.90 Å². The highest BCUT2D eigenvalue weighted by Crippen LogP contribution is 2.48. The molecule has 1 unspecified atom stereocenters. The Balaban J connectivity index is 1.39. The first-order valence-corrected chi connectivity index (χ1v) is 12.7. The lowest BCUT2D eigenvalue weighted by Crippen LogP contribution is -2.19. The molecular formula is C26H38N2O2S. The first-order valence-electron chi connectivity index (χ1n) is 12.0. The number of unbranched alkanes of at least 4 members (excludes halogenated alkanes) is 1. The molecule has 0 bridgehead atoms. The van der Waals surface area contributed by atoms with Gasteiger partial charge in [0.25, 0.3) is 0 Å². The van der Waals surface area contributed by atoms with Crippen LogP contribution >= 0.6 is 11.5 Å². The Bertz CT molecular complexity index is 840. The molecule has 0 amide bonds. The van der Waals surface area contributed by atoms with Crippen LogP contribution in [0, 0.1) is 12.8 Å². The predicted octanol–water partition coefficient (Wildman–Crippen LogP) is 6.76. The van der Waals surface area contributed by atoms with Gasteiger partial charge in [-0.25, -0.2) is 0 Å². The van der Waals surface area contributed by atoms with E-state index in [0.29, 0.717) is 0 Å². The Morgan fingerprint density at radius 3 is 2.45 bits per heavy atom. The third kappa shape index (κ3) is 6.09. The Kier molecular flexibility index (Phi) is 8.53. The van der Waals surface area contributed by atoms with Crippen molar-refractivity contribution in [3.05, 3.63) is 46.0 Å². The number of rotatable bonds is 14. The molecule has 0 saturated heterocycles. The van der Waals surface area contributed by atoms with E-state index in [0.717, 1.165) is 42.9 Å². The molecule has 5 heteroatoms. The van der Waals surface area contributed by atoms with Crippen LogP contribution in [0.5, 0.6) is 0 Å². The van der Waals surface area contributed by atoms with Crippen molar-refractivity contribution in [2.45, 2.75) is 89.9 Å². The largest absolute Gasteiger partial charge is 0.481 e. The van der Waals surface area contributed by atoms with Gasteiger partial charge in [0.05, 0.1) is 16.8 Å². The summed E-state index contributed by atoms with van der Waals surface area (Å²) in [4.78, 5) is 12.9. The van der Waals surface area contributed by atoms with Gasteiger partial charge in [0.15, 0.2) is 0 Å². The molecule has 1 aliphatic carbocycles. The highest BCUT2D eigenvalue weighted by molar-refractivity contribution is 7.06. The van der Waals surface area contributed by atoms with Crippen molar-refractivity contribution in [3.8, 4) is 0 Å². The number of nitrogens with one attached hydrogen (secondary N) is 1. The summed E-state index contributed by atoms with van der Waals surface area (Å²) in [5, 5.41) is 12.8. The number of carbonyl (C=O) groups is 1. The molecule has 0 spiro atoms. The summed E-state index contributed by atoms with van der Waals surface area (Å²) >= 11 is 1.64. The number of benzene rings is 1. The van der Waals surface area contributed by atoms with Gasteiger partial charge in [-0.1, -0.05) is 63.3 Å². The number of carboxylic acid groups (broad SMARTS) is 1. The monoisotopic (exact) mass is 442 g/mol. The number of aryl methyl sites for hydroxylation is 3. The van der Waals surface area contributed by atoms with Gasteiger partial charge in [0, 0.05) is 11.9 Å². The summed E-state index contributed by atoms with van der Waals surface area (Å²) in [7, 11) is 1.99. The molecule has 0 aliphatic heterocycles. The Morgan fingerprint density at radius 2 is 1.84 bits per heavy atom. The second kappa shape index (κ2) is 11.1. The van der Waals surface area contributed by atoms with E-state index in [-0.39, 0.29) is 0 Å². The number of hydrogen-bond donors (Lipinski definition) is 2. The van der Waals surface area contributed by atoms with E-state index in [4.69, 9.17) is 0 Å². The van der Waals surface area contributed by atoms with Crippen molar-refractivity contribution in [2.24, 2.45) is 5.92 Å². The molecule has 0 radical (unpaired) electrons. The number of carboxylic acids is 1. The van der Waals surface area contributed by atoms with Crippen molar-refractivity contribution in [1.82, 2.24) is 4.37 Å². The van der Waals surface area contributed by atoms with E-state index in [1.807, 2.05) is 19.2 Å². The summed E-state index contributed by atoms with van der Waals surface area (Å²) in [6.45, 7) is 4.37. The van der Waals surface area contributed by atoms with E-state index in [2.05, 4.69) is 35.7 Å². The van der Waals surface area contributed by atoms with Gasteiger partial charge in [0.2, 0.25) is 0 Å². The summed E-state index contributed by atoms with van der Waals surface area (Å²) in [5.41, 5.74) is 4.08. The van der Waals surface area contributed by atoms with Crippen molar-refractivity contribution in [3.63, 3.8) is 0 Å². The molecule has 1 atom stereocenters. The number of aromatic nitrogens is 1. The third-order valence-electron chi connectivity index (χ3n) is 6.89. The normalized spacial score (nSPS) is 15.6. The average Bonchev–Trinajstić information content (AvgIpc) is 3.50. The van der Waals surface area contributed by atoms with E-state index < -0.39 is 11.4 Å². The molecule has 1 saturated carbocycles. The molecule has 4 nitrogen and oxygen atoms in total. The van der Waals surface area contributed by atoms with Crippen LogP contribution in [0.25, 0.3) is 0 Å². The van der Waals surface area contributed by atoms with Crippen LogP contribution in [0.3, 0.4) is 0 Å². The van der Waals surface area contributed by atoms with Crippen LogP contribution in [0.1, 0.15) is 86.4 Å². The topological polar surface area (TPSA) is 62.2 Å². The van der Waals surface area contributed by atoms with Gasteiger partial charge in [-0.15, -0.1) is 0 Å². The Hall–Kier alpha value is -1.88. The van der Waals surface area contributed by atoms with Gasteiger partial charge in [0.1, 0.15) is 0 Å². The fourth-order valence-electron chi connectivity index (χ4n) is 4.80. The molecule has 2 aromatic rings. The van der Waals surface area contributed by atoms with Gasteiger partial charge in [-0.05, 0) is 74.0 Å². The van der Waals surface area contributed by atoms with Gasteiger partial charge < -0.3 is 10.4 Å². The molecule has 1 aromatic carbocycles. The quantitative estimate of drug-likeness (QED) is 0.317. The van der Waals surface area contributed by atoms with Crippen LogP contribution in [0.15, 0.2) is 24.3 Å². The lowest BCUT2D eigenvalue weighted by atomic mass is 9.90. The van der Waals surface area contributed by atoms with Gasteiger partial charge >= 0.3 is 5.97 Å². The zero-order chi connectivity index (χ0) is 22.3. The van der Waals surface area contributed by atoms with Gasteiger partial charge in [-0.2, -0.15) is 4.37 Å². The SMILES string of the molecule is CCCC(CCCCc1snc(C)c1NC)CCCc1ccc(C2(C(=O)O)CC2)cc1. The first kappa shape index (κ1) is 23.8. The lowest BCUT2D eigenvalue weighted by Gasteiger charge is -2.16. The summed E-state index contributed by atoms with van der Waals surface area (Å²) in [5.74, 6) is 0.147. The van der Waals surface area contributed by atoms with Crippen LogP contribution in [-0.2, 0) is 23.1 Å². The highest BCUT2D eigenvalue weighted by Gasteiger charge is 2.51. The maximum absolute atomic E-state index is 11.5. The minimum atomic E-state index is -0.671. The van der Waals surface area contributed by atoms with Gasteiger partial charge in [-0.3, -0.25) is 4.79 Å². The predicted molar refractivity (Wildman–Crippen MR) is 130 cm³/mol. The second-order valence-electron chi connectivity index (χ2n) is 9.19. The maximum atomic E-state index is 11.5. The average molecular weight is 443 g/mol. The molecule has 1 fully saturated rings. The zero-order valence-corrected chi connectivity index (χ0v) is 20.2. The fraction of sp³-hybridized carbons (Fsp3) is 0.615. The minimum Gasteiger partial charge on any atom is -0.481 e. The molecule has 1 heterocycles. The summed E-state index contributed by atoms with van der Waals surface area (Å²) < 4.78 is 4.48. The molecule has 1 aliphatic rings. The first-order chi connectivity index (χ1) is 15.0. The zero-order valence-electron chi connectivity index (χ0n) is 19.4. The molecule has 170 valence electrons. The smallest absolute Gasteiger partial charge is 0.314 e. The van der Waals surface area contributed by atoms with Crippen LogP contribution in [0.2, 0.25) is 0 Å². The Labute approximate surface area is 191 Å². The Morgan fingerprint density at radius 1 is 1.13 bits per heavy atom. The van der Waals surface area contributed by atoms with Crippen molar-refractivity contribution in [2.75, 3.05) is 12.4 Å². The van der Waals surface area contributed by atoms with E-state index in [1.165, 1.54) is 61.1 Å². The summed E-state index contributed by atoms with van der Waals surface area (Å²) in [6, 6.07) is 8.37. The van der Waals surface area contributed by atoms with E-state index in [1.54, 1.807) is 11.5 Å². The molecule has 31 heavy (non-hydrogen) atoms. The second-order valence-corrected chi connectivity index (χ2v) is 10.1. The van der Waals surface area contributed by atoms with Crippen LogP contribution in [-0.4, -0.2) is 22.5 Å².